The molecular weight excluding hydrogens is 465 g/mol. The molecule has 3 aliphatic rings. The number of nitrogens with zero attached hydrogens (tertiary/aromatic N) is 2. The van der Waals surface area contributed by atoms with Gasteiger partial charge in [0, 0.05) is 44.1 Å². The second kappa shape index (κ2) is 9.77. The number of carbonyl (C=O) groups is 1. The lowest BCUT2D eigenvalue weighted by Gasteiger charge is -2.38. The maximum Gasteiger partial charge on any atom is 0.573 e. The molecule has 1 aromatic carbocycles. The Morgan fingerprint density at radius 2 is 1.76 bits per heavy atom. The van der Waals surface area contributed by atoms with Crippen LogP contribution in [0.1, 0.15) is 25.7 Å². The first-order valence-corrected chi connectivity index (χ1v) is 12.5. The summed E-state index contributed by atoms with van der Waals surface area (Å²) in [6.07, 6.45) is -2.68. The average molecular weight is 493 g/mol. The van der Waals surface area contributed by atoms with E-state index >= 15 is 0 Å². The van der Waals surface area contributed by atoms with E-state index in [1.54, 1.807) is 0 Å². The van der Waals surface area contributed by atoms with Gasteiger partial charge in [-0.05, 0) is 37.8 Å². The molecule has 184 valence electrons. The zero-order valence-electron chi connectivity index (χ0n) is 18.0. The highest BCUT2D eigenvalue weighted by atomic mass is 32.2. The predicted molar refractivity (Wildman–Crippen MR) is 110 cm³/mol. The first-order valence-electron chi connectivity index (χ1n) is 11.0. The Kier molecular flexibility index (Phi) is 7.18. The molecule has 3 heterocycles. The number of amides is 1. The van der Waals surface area contributed by atoms with E-state index in [4.69, 9.17) is 9.47 Å². The van der Waals surface area contributed by atoms with Gasteiger partial charge in [-0.3, -0.25) is 4.79 Å². The van der Waals surface area contributed by atoms with Gasteiger partial charge in [0.05, 0.1) is 18.1 Å². The van der Waals surface area contributed by atoms with Crippen LogP contribution in [0.15, 0.2) is 29.2 Å². The Bertz CT molecular complexity index is 944. The van der Waals surface area contributed by atoms with Gasteiger partial charge in [0.15, 0.2) is 6.29 Å². The molecule has 0 aromatic heterocycles. The Morgan fingerprint density at radius 3 is 2.42 bits per heavy atom. The van der Waals surface area contributed by atoms with Gasteiger partial charge in [-0.2, -0.15) is 4.31 Å². The van der Waals surface area contributed by atoms with Gasteiger partial charge in [-0.1, -0.05) is 6.07 Å². The number of piperidine rings is 2. The Balaban J connectivity index is 1.35. The summed E-state index contributed by atoms with van der Waals surface area (Å²) in [5, 5.41) is 0. The summed E-state index contributed by atoms with van der Waals surface area (Å²) < 4.78 is 79.5. The summed E-state index contributed by atoms with van der Waals surface area (Å²) >= 11 is 0. The number of hydrogen-bond donors (Lipinski definition) is 0. The third kappa shape index (κ3) is 5.79. The molecule has 1 aromatic rings. The number of carbonyl (C=O) groups excluding carboxylic acids is 1. The third-order valence-electron chi connectivity index (χ3n) is 6.28. The fraction of sp³-hybridized carbons (Fsp3) is 0.667. The van der Waals surface area contributed by atoms with Crippen LogP contribution in [-0.4, -0.2) is 75.6 Å². The molecule has 12 heteroatoms. The Labute approximate surface area is 190 Å². The van der Waals surface area contributed by atoms with Crippen LogP contribution in [0, 0.1) is 11.8 Å². The van der Waals surface area contributed by atoms with Gasteiger partial charge in [-0.15, -0.1) is 13.2 Å². The van der Waals surface area contributed by atoms with Crippen molar-refractivity contribution in [2.75, 3.05) is 39.4 Å². The summed E-state index contributed by atoms with van der Waals surface area (Å²) in [6, 6.07) is 4.34. The second-order valence-corrected chi connectivity index (χ2v) is 10.4. The topological polar surface area (TPSA) is 85.4 Å². The number of ether oxygens (including phenoxy) is 3. The van der Waals surface area contributed by atoms with Crippen LogP contribution in [0.25, 0.3) is 0 Å². The molecule has 0 saturated carbocycles. The van der Waals surface area contributed by atoms with Crippen LogP contribution in [-0.2, 0) is 24.3 Å². The fourth-order valence-electron chi connectivity index (χ4n) is 4.66. The van der Waals surface area contributed by atoms with E-state index in [0.29, 0.717) is 39.1 Å². The average Bonchev–Trinajstić information content (AvgIpc) is 3.33. The van der Waals surface area contributed by atoms with Crippen LogP contribution in [0.5, 0.6) is 5.75 Å². The molecule has 0 N–H and O–H groups in total. The van der Waals surface area contributed by atoms with Crippen molar-refractivity contribution in [2.45, 2.75) is 43.2 Å². The zero-order valence-corrected chi connectivity index (χ0v) is 18.8. The van der Waals surface area contributed by atoms with E-state index in [1.165, 1.54) is 16.4 Å². The molecule has 3 aliphatic heterocycles. The summed E-state index contributed by atoms with van der Waals surface area (Å²) in [5.41, 5.74) is 0. The van der Waals surface area contributed by atoms with Crippen LogP contribution >= 0.6 is 0 Å². The van der Waals surface area contributed by atoms with Crippen molar-refractivity contribution in [1.29, 1.82) is 0 Å². The molecular formula is C21H27F3N2O6S. The summed E-state index contributed by atoms with van der Waals surface area (Å²) in [6.45, 7) is 2.59. The minimum Gasteiger partial charge on any atom is -0.406 e. The molecule has 0 radical (unpaired) electrons. The van der Waals surface area contributed by atoms with Crippen molar-refractivity contribution in [3.05, 3.63) is 24.3 Å². The van der Waals surface area contributed by atoms with Crippen molar-refractivity contribution in [3.63, 3.8) is 0 Å². The molecule has 0 spiro atoms. The quantitative estimate of drug-likeness (QED) is 0.628. The minimum atomic E-state index is -4.91. The maximum atomic E-state index is 13.1. The summed E-state index contributed by atoms with van der Waals surface area (Å²) in [7, 11) is -4.01. The van der Waals surface area contributed by atoms with Crippen molar-refractivity contribution < 1.29 is 40.6 Å². The van der Waals surface area contributed by atoms with Crippen molar-refractivity contribution in [3.8, 4) is 5.75 Å². The van der Waals surface area contributed by atoms with E-state index in [1.807, 2.05) is 4.90 Å². The van der Waals surface area contributed by atoms with E-state index in [0.717, 1.165) is 25.0 Å². The lowest BCUT2D eigenvalue weighted by molar-refractivity contribution is -0.274. The normalized spacial score (nSPS) is 24.2. The highest BCUT2D eigenvalue weighted by Gasteiger charge is 2.38. The second-order valence-electron chi connectivity index (χ2n) is 8.50. The van der Waals surface area contributed by atoms with Gasteiger partial charge >= 0.3 is 6.36 Å². The monoisotopic (exact) mass is 492 g/mol. The van der Waals surface area contributed by atoms with E-state index in [-0.39, 0.29) is 42.0 Å². The molecule has 33 heavy (non-hydrogen) atoms. The number of rotatable bonds is 5. The smallest absolute Gasteiger partial charge is 0.406 e. The number of halogens is 3. The van der Waals surface area contributed by atoms with Crippen LogP contribution in [0.2, 0.25) is 0 Å². The highest BCUT2D eigenvalue weighted by molar-refractivity contribution is 7.89. The summed E-state index contributed by atoms with van der Waals surface area (Å²) in [5.74, 6) is -0.740. The van der Waals surface area contributed by atoms with Crippen LogP contribution in [0.4, 0.5) is 13.2 Å². The number of benzene rings is 1. The molecule has 3 saturated heterocycles. The largest absolute Gasteiger partial charge is 0.573 e. The zero-order chi connectivity index (χ0) is 23.6. The number of sulfonamides is 1. The van der Waals surface area contributed by atoms with E-state index in [9.17, 15) is 26.4 Å². The van der Waals surface area contributed by atoms with Crippen LogP contribution < -0.4 is 4.74 Å². The molecule has 1 amide bonds. The van der Waals surface area contributed by atoms with Gasteiger partial charge < -0.3 is 19.1 Å². The first-order chi connectivity index (χ1) is 15.6. The van der Waals surface area contributed by atoms with E-state index < -0.39 is 22.1 Å². The molecule has 3 fully saturated rings. The minimum absolute atomic E-state index is 0.00956. The number of likely N-dealkylation sites (tertiary alicyclic amines) is 1. The lowest BCUT2D eigenvalue weighted by Crippen LogP contribution is -2.48. The molecule has 4 rings (SSSR count). The van der Waals surface area contributed by atoms with Crippen molar-refractivity contribution in [1.82, 2.24) is 9.21 Å². The third-order valence-corrected chi connectivity index (χ3v) is 8.18. The first kappa shape index (κ1) is 24.2. The lowest BCUT2D eigenvalue weighted by atomic mass is 9.92. The number of alkyl halides is 3. The van der Waals surface area contributed by atoms with Gasteiger partial charge in [0.2, 0.25) is 15.9 Å². The van der Waals surface area contributed by atoms with E-state index in [2.05, 4.69) is 4.74 Å². The Morgan fingerprint density at radius 1 is 1.06 bits per heavy atom. The fourth-order valence-corrected chi connectivity index (χ4v) is 6.17. The highest BCUT2D eigenvalue weighted by Crippen LogP contribution is 2.31. The molecule has 8 nitrogen and oxygen atoms in total. The molecule has 1 atom stereocenters. The van der Waals surface area contributed by atoms with Gasteiger partial charge in [0.25, 0.3) is 0 Å². The van der Waals surface area contributed by atoms with Crippen molar-refractivity contribution in [2.24, 2.45) is 11.8 Å². The standard InChI is InChI=1S/C21H27F3N2O6S/c22-21(23,24)32-17-4-1-5-18(13-17)33(28,29)26-9-6-15(7-10-26)19(27)25-8-2-3-16(14-25)20-30-11-12-31-20/h1,4-5,13,15-16,20H,2-3,6-12,14H2. The van der Waals surface area contributed by atoms with Crippen LogP contribution in [0.3, 0.4) is 0 Å². The van der Waals surface area contributed by atoms with Gasteiger partial charge in [-0.25, -0.2) is 8.42 Å². The molecule has 0 aliphatic carbocycles. The van der Waals surface area contributed by atoms with Gasteiger partial charge in [0.1, 0.15) is 5.75 Å². The maximum absolute atomic E-state index is 13.1. The molecule has 1 unspecified atom stereocenters. The molecule has 0 bridgehead atoms. The Hall–Kier alpha value is -1.89. The van der Waals surface area contributed by atoms with Crippen molar-refractivity contribution >= 4 is 15.9 Å². The summed E-state index contributed by atoms with van der Waals surface area (Å²) in [4.78, 5) is 14.6. The predicted octanol–water partition coefficient (Wildman–Crippen LogP) is 2.60. The number of hydrogen-bond acceptors (Lipinski definition) is 6. The SMILES string of the molecule is O=C(C1CCN(S(=O)(=O)c2cccc(OC(F)(F)F)c2)CC1)N1CCCC(C2OCCO2)C1.